The van der Waals surface area contributed by atoms with E-state index >= 15 is 0 Å². The lowest BCUT2D eigenvalue weighted by molar-refractivity contribution is 0.259. The minimum Gasteiger partial charge on any atom is -0.491 e. The SMILES string of the molecule is CN(C)CCOc1cc(COc2nc3ccccc3nc2NS(=O)(=O)c2cccc(Cl)c2Cl)ccc1Cl. The number of rotatable bonds is 10. The van der Waals surface area contributed by atoms with Gasteiger partial charge in [0.2, 0.25) is 5.82 Å². The Hall–Kier alpha value is -2.82. The summed E-state index contributed by atoms with van der Waals surface area (Å²) in [5, 5.41) is 0.479. The van der Waals surface area contributed by atoms with Crippen molar-refractivity contribution < 1.29 is 17.9 Å². The number of halogens is 3. The molecular weight excluding hydrogens is 559 g/mol. The second-order valence-electron chi connectivity index (χ2n) is 8.23. The zero-order valence-corrected chi connectivity index (χ0v) is 23.0. The van der Waals surface area contributed by atoms with Gasteiger partial charge < -0.3 is 14.4 Å². The summed E-state index contributed by atoms with van der Waals surface area (Å²) in [5.74, 6) is 0.419. The molecule has 0 aliphatic heterocycles. The second-order valence-corrected chi connectivity index (χ2v) is 11.1. The second kappa shape index (κ2) is 11.7. The zero-order valence-electron chi connectivity index (χ0n) is 19.9. The standard InChI is InChI=1S/C25H23Cl3N4O4S/c1-32(2)12-13-35-21-14-16(10-11-17(21)26)15-36-25-24(29-19-7-3-4-8-20(19)30-25)31-37(33,34)22-9-5-6-18(27)23(22)28/h3-11,14H,12-13,15H2,1-2H3,(H,29,31). The van der Waals surface area contributed by atoms with Gasteiger partial charge in [0.05, 0.1) is 26.1 Å². The van der Waals surface area contributed by atoms with E-state index in [-0.39, 0.29) is 33.2 Å². The van der Waals surface area contributed by atoms with Crippen LogP contribution in [0.5, 0.6) is 11.6 Å². The Morgan fingerprint density at radius 1 is 0.892 bits per heavy atom. The number of likely N-dealkylation sites (N-methyl/N-ethyl adjacent to an activating group) is 1. The lowest BCUT2D eigenvalue weighted by Gasteiger charge is -2.15. The molecule has 3 aromatic carbocycles. The predicted molar refractivity (Wildman–Crippen MR) is 147 cm³/mol. The first-order valence-electron chi connectivity index (χ1n) is 11.1. The first-order valence-corrected chi connectivity index (χ1v) is 13.7. The molecule has 8 nitrogen and oxygen atoms in total. The molecule has 1 N–H and O–H groups in total. The van der Waals surface area contributed by atoms with Gasteiger partial charge in [0.15, 0.2) is 0 Å². The van der Waals surface area contributed by atoms with Crippen LogP contribution in [0, 0.1) is 0 Å². The molecule has 0 radical (unpaired) electrons. The fraction of sp³-hybridized carbons (Fsp3) is 0.200. The molecule has 4 aromatic rings. The number of hydrogen-bond donors (Lipinski definition) is 1. The van der Waals surface area contributed by atoms with Crippen LogP contribution in [-0.2, 0) is 16.6 Å². The Morgan fingerprint density at radius 2 is 1.62 bits per heavy atom. The van der Waals surface area contributed by atoms with Crippen LogP contribution in [0.1, 0.15) is 5.56 Å². The molecular formula is C25H23Cl3N4O4S. The van der Waals surface area contributed by atoms with Crippen molar-refractivity contribution in [1.29, 1.82) is 0 Å². The van der Waals surface area contributed by atoms with Gasteiger partial charge in [-0.1, -0.05) is 59.1 Å². The van der Waals surface area contributed by atoms with Crippen molar-refractivity contribution in [2.75, 3.05) is 32.0 Å². The maximum Gasteiger partial charge on any atom is 0.264 e. The molecule has 1 heterocycles. The van der Waals surface area contributed by atoms with E-state index in [0.29, 0.717) is 28.4 Å². The van der Waals surface area contributed by atoms with Gasteiger partial charge in [-0.25, -0.2) is 18.4 Å². The van der Waals surface area contributed by atoms with Crippen LogP contribution in [-0.4, -0.2) is 50.5 Å². The van der Waals surface area contributed by atoms with Crippen molar-refractivity contribution in [1.82, 2.24) is 14.9 Å². The number of aromatic nitrogens is 2. The van der Waals surface area contributed by atoms with Crippen molar-refractivity contribution in [3.05, 3.63) is 81.3 Å². The molecule has 12 heteroatoms. The van der Waals surface area contributed by atoms with Crippen LogP contribution >= 0.6 is 34.8 Å². The van der Waals surface area contributed by atoms with E-state index in [1.807, 2.05) is 19.0 Å². The number of para-hydroxylation sites is 2. The molecule has 0 aliphatic rings. The van der Waals surface area contributed by atoms with Gasteiger partial charge in [-0.15, -0.1) is 0 Å². The number of ether oxygens (including phenoxy) is 2. The summed E-state index contributed by atoms with van der Waals surface area (Å²) in [6.45, 7) is 1.25. The van der Waals surface area contributed by atoms with Crippen LogP contribution in [0.3, 0.4) is 0 Å². The van der Waals surface area contributed by atoms with Crippen LogP contribution in [0.4, 0.5) is 5.82 Å². The number of benzene rings is 3. The van der Waals surface area contributed by atoms with E-state index in [0.717, 1.165) is 12.1 Å². The summed E-state index contributed by atoms with van der Waals surface area (Å²) in [6, 6.07) is 16.6. The molecule has 4 rings (SSSR count). The molecule has 0 atom stereocenters. The van der Waals surface area contributed by atoms with Gasteiger partial charge in [-0.3, -0.25) is 4.72 Å². The average Bonchev–Trinajstić information content (AvgIpc) is 2.85. The summed E-state index contributed by atoms with van der Waals surface area (Å²) >= 11 is 18.5. The quantitative estimate of drug-likeness (QED) is 0.249. The van der Waals surface area contributed by atoms with Gasteiger partial charge in [0.25, 0.3) is 15.9 Å². The molecule has 0 bridgehead atoms. The Morgan fingerprint density at radius 3 is 2.35 bits per heavy atom. The normalized spacial score (nSPS) is 11.6. The number of fused-ring (bicyclic) bond motifs is 1. The molecule has 0 saturated carbocycles. The van der Waals surface area contributed by atoms with Crippen molar-refractivity contribution in [2.45, 2.75) is 11.5 Å². The maximum atomic E-state index is 13.2. The molecule has 194 valence electrons. The van der Waals surface area contributed by atoms with Gasteiger partial charge >= 0.3 is 0 Å². The largest absolute Gasteiger partial charge is 0.491 e. The first kappa shape index (κ1) is 27.2. The number of anilines is 1. The Kier molecular flexibility index (Phi) is 8.61. The third kappa shape index (κ3) is 6.74. The maximum absolute atomic E-state index is 13.2. The van der Waals surface area contributed by atoms with Crippen LogP contribution in [0.2, 0.25) is 15.1 Å². The highest BCUT2D eigenvalue weighted by atomic mass is 35.5. The lowest BCUT2D eigenvalue weighted by atomic mass is 10.2. The summed E-state index contributed by atoms with van der Waals surface area (Å²) in [7, 11) is -0.260. The highest BCUT2D eigenvalue weighted by molar-refractivity contribution is 7.92. The summed E-state index contributed by atoms with van der Waals surface area (Å²) in [6.07, 6.45) is 0. The molecule has 0 spiro atoms. The highest BCUT2D eigenvalue weighted by Gasteiger charge is 2.23. The van der Waals surface area contributed by atoms with Crippen molar-refractivity contribution in [3.63, 3.8) is 0 Å². The molecule has 37 heavy (non-hydrogen) atoms. The molecule has 0 fully saturated rings. The van der Waals surface area contributed by atoms with Crippen molar-refractivity contribution in [2.24, 2.45) is 0 Å². The van der Waals surface area contributed by atoms with E-state index in [2.05, 4.69) is 14.7 Å². The fourth-order valence-electron chi connectivity index (χ4n) is 3.26. The third-order valence-electron chi connectivity index (χ3n) is 5.14. The van der Waals surface area contributed by atoms with Gasteiger partial charge in [0, 0.05) is 6.54 Å². The lowest BCUT2D eigenvalue weighted by Crippen LogP contribution is -2.19. The number of nitrogens with one attached hydrogen (secondary N) is 1. The minimum atomic E-state index is -4.16. The van der Waals surface area contributed by atoms with Crippen LogP contribution in [0.15, 0.2) is 65.6 Å². The first-order chi connectivity index (χ1) is 17.6. The van der Waals surface area contributed by atoms with Gasteiger partial charge in [0.1, 0.15) is 23.9 Å². The molecule has 0 amide bonds. The smallest absolute Gasteiger partial charge is 0.264 e. The van der Waals surface area contributed by atoms with Crippen molar-refractivity contribution >= 4 is 61.7 Å². The van der Waals surface area contributed by atoms with E-state index < -0.39 is 10.0 Å². The molecule has 0 unspecified atom stereocenters. The number of hydrogen-bond acceptors (Lipinski definition) is 7. The number of sulfonamides is 1. The van der Waals surface area contributed by atoms with E-state index in [9.17, 15) is 8.42 Å². The predicted octanol–water partition coefficient (Wildman–Crippen LogP) is 5.91. The Labute approximate surface area is 230 Å². The van der Waals surface area contributed by atoms with Crippen LogP contribution in [0.25, 0.3) is 11.0 Å². The van der Waals surface area contributed by atoms with E-state index in [1.165, 1.54) is 18.2 Å². The summed E-state index contributed by atoms with van der Waals surface area (Å²) in [5.41, 5.74) is 1.75. The minimum absolute atomic E-state index is 0.00884. The van der Waals surface area contributed by atoms with Gasteiger partial charge in [-0.2, -0.15) is 0 Å². The topological polar surface area (TPSA) is 93.7 Å². The molecule has 1 aromatic heterocycles. The van der Waals surface area contributed by atoms with Crippen molar-refractivity contribution in [3.8, 4) is 11.6 Å². The van der Waals surface area contributed by atoms with E-state index in [1.54, 1.807) is 42.5 Å². The Bertz CT molecular complexity index is 1530. The van der Waals surface area contributed by atoms with Gasteiger partial charge in [-0.05, 0) is 56.1 Å². The monoisotopic (exact) mass is 580 g/mol. The third-order valence-corrected chi connectivity index (χ3v) is 7.77. The molecule has 0 aliphatic carbocycles. The van der Waals surface area contributed by atoms with Crippen LogP contribution < -0.4 is 14.2 Å². The Balaban J connectivity index is 1.62. The fourth-order valence-corrected chi connectivity index (χ4v) is 5.20. The summed E-state index contributed by atoms with van der Waals surface area (Å²) in [4.78, 5) is 10.7. The van der Waals surface area contributed by atoms with E-state index in [4.69, 9.17) is 44.3 Å². The average molecular weight is 582 g/mol. The number of nitrogens with zero attached hydrogens (tertiary/aromatic N) is 3. The zero-order chi connectivity index (χ0) is 26.6. The summed E-state index contributed by atoms with van der Waals surface area (Å²) < 4.78 is 40.5. The highest BCUT2D eigenvalue weighted by Crippen LogP contribution is 2.33. The molecule has 0 saturated heterocycles.